The molecule has 25 heavy (non-hydrogen) atoms. The Kier molecular flexibility index (Phi) is 4.40. The van der Waals surface area contributed by atoms with E-state index in [1.54, 1.807) is 18.1 Å². The molecule has 0 spiro atoms. The highest BCUT2D eigenvalue weighted by Crippen LogP contribution is 2.34. The largest absolute Gasteiger partial charge is 0.294 e. The lowest BCUT2D eigenvalue weighted by Gasteiger charge is -2.17. The van der Waals surface area contributed by atoms with Crippen molar-refractivity contribution >= 4 is 11.7 Å². The number of carbonyl (C=O) groups is 1. The first-order chi connectivity index (χ1) is 11.9. The number of nitrogens with zero attached hydrogens (tertiary/aromatic N) is 4. The molecule has 0 unspecified atom stereocenters. The lowest BCUT2D eigenvalue weighted by atomic mass is 10.0. The van der Waals surface area contributed by atoms with Crippen LogP contribution in [0.1, 0.15) is 27.2 Å². The molecule has 1 amide bonds. The topological polar surface area (TPSA) is 51.0 Å². The molecule has 0 atom stereocenters. The summed E-state index contributed by atoms with van der Waals surface area (Å²) in [6.07, 6.45) is 3.59. The lowest BCUT2D eigenvalue weighted by molar-refractivity contribution is 0.0992. The summed E-state index contributed by atoms with van der Waals surface area (Å²) in [6, 6.07) is 9.55. The van der Waals surface area contributed by atoms with E-state index < -0.39 is 0 Å². The minimum absolute atomic E-state index is 0.0777. The van der Waals surface area contributed by atoms with Crippen LogP contribution in [-0.4, -0.2) is 27.7 Å². The molecular weight excluding hydrogens is 312 g/mol. The first kappa shape index (κ1) is 16.9. The number of anilines is 1. The molecule has 2 heterocycles. The molecule has 0 saturated heterocycles. The van der Waals surface area contributed by atoms with Crippen molar-refractivity contribution in [3.05, 3.63) is 65.1 Å². The average molecular weight is 334 g/mol. The molecule has 3 aromatic rings. The third kappa shape index (κ3) is 3.05. The number of rotatable bonds is 3. The smallest absolute Gasteiger partial charge is 0.259 e. The first-order valence-corrected chi connectivity index (χ1v) is 8.19. The summed E-state index contributed by atoms with van der Waals surface area (Å²) < 4.78 is 1.81. The Morgan fingerprint density at radius 3 is 2.40 bits per heavy atom. The van der Waals surface area contributed by atoms with Crippen molar-refractivity contribution in [1.82, 2.24) is 14.8 Å². The van der Waals surface area contributed by atoms with E-state index in [-0.39, 0.29) is 5.91 Å². The third-order valence-corrected chi connectivity index (χ3v) is 4.53. The van der Waals surface area contributed by atoms with E-state index in [0.717, 1.165) is 27.9 Å². The van der Waals surface area contributed by atoms with Crippen LogP contribution in [0, 0.1) is 20.8 Å². The second-order valence-corrected chi connectivity index (χ2v) is 6.33. The molecule has 0 aliphatic heterocycles. The van der Waals surface area contributed by atoms with E-state index in [2.05, 4.69) is 10.1 Å². The molecule has 5 nitrogen and oxygen atoms in total. The average Bonchev–Trinajstić information content (AvgIpc) is 2.90. The molecule has 0 radical (unpaired) electrons. The second kappa shape index (κ2) is 6.51. The van der Waals surface area contributed by atoms with E-state index in [1.165, 1.54) is 0 Å². The normalized spacial score (nSPS) is 10.8. The highest BCUT2D eigenvalue weighted by atomic mass is 16.2. The molecule has 128 valence electrons. The van der Waals surface area contributed by atoms with Gasteiger partial charge in [0.05, 0.1) is 0 Å². The van der Waals surface area contributed by atoms with Crippen LogP contribution in [-0.2, 0) is 7.05 Å². The van der Waals surface area contributed by atoms with Crippen LogP contribution in [0.15, 0.2) is 42.7 Å². The second-order valence-electron chi connectivity index (χ2n) is 6.33. The maximum Gasteiger partial charge on any atom is 0.259 e. The summed E-state index contributed by atoms with van der Waals surface area (Å²) in [5, 5.41) is 4.59. The van der Waals surface area contributed by atoms with Crippen molar-refractivity contribution in [1.29, 1.82) is 0 Å². The van der Waals surface area contributed by atoms with Crippen LogP contribution in [0.4, 0.5) is 5.82 Å². The molecule has 3 rings (SSSR count). The Balaban J connectivity index is 2.08. The van der Waals surface area contributed by atoms with Gasteiger partial charge in [0, 0.05) is 43.3 Å². The SMILES string of the molecule is Cc1ccc(C(=O)N(C)c2nn(C)c(C)c2-c2ccncc2C)cc1. The number of pyridine rings is 1. The quantitative estimate of drug-likeness (QED) is 0.734. The van der Waals surface area contributed by atoms with Crippen molar-refractivity contribution < 1.29 is 4.79 Å². The van der Waals surface area contributed by atoms with Gasteiger partial charge in [0.1, 0.15) is 0 Å². The van der Waals surface area contributed by atoms with Crippen molar-refractivity contribution in [2.24, 2.45) is 7.05 Å². The minimum atomic E-state index is -0.0777. The van der Waals surface area contributed by atoms with E-state index in [9.17, 15) is 4.79 Å². The fourth-order valence-electron chi connectivity index (χ4n) is 2.88. The summed E-state index contributed by atoms with van der Waals surface area (Å²) in [6.45, 7) is 6.03. The number of hydrogen-bond donors (Lipinski definition) is 0. The van der Waals surface area contributed by atoms with Gasteiger partial charge in [0.2, 0.25) is 0 Å². The fraction of sp³-hybridized carbons (Fsp3) is 0.250. The summed E-state index contributed by atoms with van der Waals surface area (Å²) in [5.74, 6) is 0.575. The van der Waals surface area contributed by atoms with E-state index in [4.69, 9.17) is 0 Å². The highest BCUT2D eigenvalue weighted by molar-refractivity contribution is 6.07. The van der Waals surface area contributed by atoms with Crippen LogP contribution in [0.25, 0.3) is 11.1 Å². The zero-order valence-corrected chi connectivity index (χ0v) is 15.2. The molecule has 0 fully saturated rings. The molecule has 2 aromatic heterocycles. The molecule has 0 N–H and O–H groups in total. The lowest BCUT2D eigenvalue weighted by Crippen LogP contribution is -2.27. The van der Waals surface area contributed by atoms with Gasteiger partial charge >= 0.3 is 0 Å². The molecule has 5 heteroatoms. The Morgan fingerprint density at radius 2 is 1.76 bits per heavy atom. The molecular formula is C20H22N4O. The Morgan fingerprint density at radius 1 is 1.08 bits per heavy atom. The van der Waals surface area contributed by atoms with Gasteiger partial charge in [-0.15, -0.1) is 0 Å². The van der Waals surface area contributed by atoms with Crippen molar-refractivity contribution in [3.8, 4) is 11.1 Å². The monoisotopic (exact) mass is 334 g/mol. The minimum Gasteiger partial charge on any atom is -0.294 e. The van der Waals surface area contributed by atoms with Gasteiger partial charge in [0.25, 0.3) is 5.91 Å². The third-order valence-electron chi connectivity index (χ3n) is 4.53. The number of aromatic nitrogens is 3. The molecule has 0 aliphatic rings. The van der Waals surface area contributed by atoms with Gasteiger partial charge in [-0.3, -0.25) is 19.4 Å². The standard InChI is InChI=1S/C20H22N4O/c1-13-6-8-16(9-7-13)20(25)23(4)19-18(15(3)24(5)22-19)17-10-11-21-12-14(17)2/h6-12H,1-5H3. The summed E-state index contributed by atoms with van der Waals surface area (Å²) in [7, 11) is 3.66. The number of aryl methyl sites for hydroxylation is 3. The zero-order chi connectivity index (χ0) is 18.1. The van der Waals surface area contributed by atoms with Crippen LogP contribution < -0.4 is 4.90 Å². The first-order valence-electron chi connectivity index (χ1n) is 8.19. The van der Waals surface area contributed by atoms with E-state index >= 15 is 0 Å². The number of hydrogen-bond acceptors (Lipinski definition) is 3. The van der Waals surface area contributed by atoms with Gasteiger partial charge in [-0.1, -0.05) is 17.7 Å². The summed E-state index contributed by atoms with van der Waals surface area (Å²) in [5.41, 5.74) is 5.84. The van der Waals surface area contributed by atoms with E-state index in [0.29, 0.717) is 11.4 Å². The van der Waals surface area contributed by atoms with Gasteiger partial charge in [-0.2, -0.15) is 5.10 Å². The molecule has 0 bridgehead atoms. The van der Waals surface area contributed by atoms with Gasteiger partial charge < -0.3 is 0 Å². The molecule has 1 aromatic carbocycles. The van der Waals surface area contributed by atoms with Crippen molar-refractivity contribution in [2.45, 2.75) is 20.8 Å². The fourth-order valence-corrected chi connectivity index (χ4v) is 2.88. The number of benzene rings is 1. The Bertz CT molecular complexity index is 925. The summed E-state index contributed by atoms with van der Waals surface area (Å²) in [4.78, 5) is 18.7. The molecule has 0 saturated carbocycles. The molecule has 0 aliphatic carbocycles. The summed E-state index contributed by atoms with van der Waals surface area (Å²) >= 11 is 0. The van der Waals surface area contributed by atoms with Crippen LogP contribution >= 0.6 is 0 Å². The Labute approximate surface area is 147 Å². The maximum atomic E-state index is 12.9. The van der Waals surface area contributed by atoms with Gasteiger partial charge in [-0.05, 0) is 50.1 Å². The predicted octanol–water partition coefficient (Wildman–Crippen LogP) is 3.68. The van der Waals surface area contributed by atoms with Gasteiger partial charge in [0.15, 0.2) is 5.82 Å². The number of amides is 1. The van der Waals surface area contributed by atoms with Crippen LogP contribution in [0.2, 0.25) is 0 Å². The van der Waals surface area contributed by atoms with Crippen LogP contribution in [0.3, 0.4) is 0 Å². The van der Waals surface area contributed by atoms with Crippen molar-refractivity contribution in [3.63, 3.8) is 0 Å². The Hall–Kier alpha value is -2.95. The van der Waals surface area contributed by atoms with E-state index in [1.807, 2.05) is 69.0 Å². The zero-order valence-electron chi connectivity index (χ0n) is 15.2. The highest BCUT2D eigenvalue weighted by Gasteiger charge is 2.23. The van der Waals surface area contributed by atoms with Crippen molar-refractivity contribution in [2.75, 3.05) is 11.9 Å². The van der Waals surface area contributed by atoms with Gasteiger partial charge in [-0.25, -0.2) is 0 Å². The number of carbonyl (C=O) groups excluding carboxylic acids is 1. The maximum absolute atomic E-state index is 12.9. The van der Waals surface area contributed by atoms with Crippen LogP contribution in [0.5, 0.6) is 0 Å². The predicted molar refractivity (Wildman–Crippen MR) is 99.8 cm³/mol.